The van der Waals surface area contributed by atoms with Crippen LogP contribution in [0.3, 0.4) is 0 Å². The minimum atomic E-state index is -0.458. The molecule has 2 N–H and O–H groups in total. The Morgan fingerprint density at radius 2 is 1.54 bits per heavy atom. The van der Waals surface area contributed by atoms with Crippen molar-refractivity contribution in [3.05, 3.63) is 30.3 Å². The van der Waals surface area contributed by atoms with Crippen LogP contribution in [0.25, 0.3) is 0 Å². The van der Waals surface area contributed by atoms with Crippen molar-refractivity contribution < 1.29 is 10.2 Å². The lowest BCUT2D eigenvalue weighted by Crippen LogP contribution is -2.15. The molecule has 0 saturated heterocycles. The van der Waals surface area contributed by atoms with Crippen molar-refractivity contribution in [1.29, 1.82) is 0 Å². The smallest absolute Gasteiger partial charge is 0.115 e. The average Bonchev–Trinajstić information content (AvgIpc) is 2.06. The molecule has 1 aromatic carbocycles. The summed E-state index contributed by atoms with van der Waals surface area (Å²) < 4.78 is 0. The van der Waals surface area contributed by atoms with Gasteiger partial charge in [0.25, 0.3) is 0 Å². The summed E-state index contributed by atoms with van der Waals surface area (Å²) in [6.45, 7) is 5.56. The van der Waals surface area contributed by atoms with Gasteiger partial charge in [0.2, 0.25) is 0 Å². The molecular formula is C11H18O2. The number of para-hydroxylation sites is 1. The lowest BCUT2D eigenvalue weighted by atomic mass is 10.1. The van der Waals surface area contributed by atoms with Gasteiger partial charge in [0.1, 0.15) is 5.75 Å². The maximum atomic E-state index is 8.83. The third kappa shape index (κ3) is 8.89. The van der Waals surface area contributed by atoms with Crippen LogP contribution >= 0.6 is 0 Å². The molecular weight excluding hydrogens is 164 g/mol. The molecule has 0 spiro atoms. The summed E-state index contributed by atoms with van der Waals surface area (Å²) >= 11 is 0. The number of phenols is 1. The predicted octanol–water partition coefficient (Wildman–Crippen LogP) is 2.56. The van der Waals surface area contributed by atoms with Crippen molar-refractivity contribution >= 4 is 0 Å². The van der Waals surface area contributed by atoms with Crippen LogP contribution in [-0.4, -0.2) is 15.8 Å². The van der Waals surface area contributed by atoms with Crippen LogP contribution in [0.1, 0.15) is 27.2 Å². The predicted molar refractivity (Wildman–Crippen MR) is 54.7 cm³/mol. The molecule has 0 unspecified atom stereocenters. The normalized spacial score (nSPS) is 10.2. The number of aromatic hydroxyl groups is 1. The molecule has 0 aliphatic rings. The zero-order valence-corrected chi connectivity index (χ0v) is 8.49. The standard InChI is InChI=1S/C6H6O.C5H12O/c7-6-4-2-1-3-5-6;1-4-5(2,3)6/h1-5,7H;6H,4H2,1-3H3. The number of hydrogen-bond acceptors (Lipinski definition) is 2. The highest BCUT2D eigenvalue weighted by atomic mass is 16.3. The van der Waals surface area contributed by atoms with Crippen molar-refractivity contribution in [3.8, 4) is 5.75 Å². The van der Waals surface area contributed by atoms with Gasteiger partial charge in [0, 0.05) is 0 Å². The molecule has 1 aromatic rings. The molecule has 13 heavy (non-hydrogen) atoms. The van der Waals surface area contributed by atoms with E-state index in [-0.39, 0.29) is 0 Å². The number of aliphatic hydroxyl groups is 1. The molecule has 0 bridgehead atoms. The minimum absolute atomic E-state index is 0.322. The van der Waals surface area contributed by atoms with Crippen LogP contribution in [0, 0.1) is 0 Å². The minimum Gasteiger partial charge on any atom is -0.508 e. The van der Waals surface area contributed by atoms with Gasteiger partial charge in [-0.3, -0.25) is 0 Å². The molecule has 0 heterocycles. The molecule has 2 heteroatoms. The zero-order chi connectivity index (χ0) is 10.3. The van der Waals surface area contributed by atoms with Gasteiger partial charge in [-0.25, -0.2) is 0 Å². The molecule has 0 aromatic heterocycles. The van der Waals surface area contributed by atoms with Crippen LogP contribution in [-0.2, 0) is 0 Å². The van der Waals surface area contributed by atoms with E-state index in [1.165, 1.54) is 0 Å². The van der Waals surface area contributed by atoms with E-state index in [0.29, 0.717) is 5.75 Å². The Morgan fingerprint density at radius 1 is 1.15 bits per heavy atom. The number of hydrogen-bond donors (Lipinski definition) is 2. The molecule has 0 radical (unpaired) electrons. The highest BCUT2D eigenvalue weighted by Gasteiger charge is 2.05. The third-order valence-electron chi connectivity index (χ3n) is 1.62. The Kier molecular flexibility index (Phi) is 5.16. The summed E-state index contributed by atoms with van der Waals surface area (Å²) in [6.07, 6.45) is 0.826. The molecule has 0 fully saturated rings. The second kappa shape index (κ2) is 5.60. The van der Waals surface area contributed by atoms with E-state index >= 15 is 0 Å². The summed E-state index contributed by atoms with van der Waals surface area (Å²) in [5.41, 5.74) is -0.458. The fraction of sp³-hybridized carbons (Fsp3) is 0.455. The third-order valence-corrected chi connectivity index (χ3v) is 1.62. The van der Waals surface area contributed by atoms with Gasteiger partial charge >= 0.3 is 0 Å². The molecule has 0 aliphatic heterocycles. The summed E-state index contributed by atoms with van der Waals surface area (Å²) in [5, 5.41) is 17.5. The van der Waals surface area contributed by atoms with E-state index in [2.05, 4.69) is 0 Å². The first-order valence-corrected chi connectivity index (χ1v) is 4.42. The molecule has 2 nitrogen and oxygen atoms in total. The molecule has 0 amide bonds. The van der Waals surface area contributed by atoms with E-state index in [0.717, 1.165) is 6.42 Å². The lowest BCUT2D eigenvalue weighted by molar-refractivity contribution is 0.0765. The SMILES string of the molecule is CCC(C)(C)O.Oc1ccccc1. The monoisotopic (exact) mass is 182 g/mol. The van der Waals surface area contributed by atoms with E-state index in [4.69, 9.17) is 10.2 Å². The fourth-order valence-corrected chi connectivity index (χ4v) is 0.428. The molecule has 0 saturated carbocycles. The van der Waals surface area contributed by atoms with E-state index in [1.807, 2.05) is 13.0 Å². The number of phenolic OH excluding ortho intramolecular Hbond substituents is 1. The van der Waals surface area contributed by atoms with Gasteiger partial charge in [0.15, 0.2) is 0 Å². The Morgan fingerprint density at radius 3 is 1.69 bits per heavy atom. The van der Waals surface area contributed by atoms with Crippen LogP contribution in [0.2, 0.25) is 0 Å². The van der Waals surface area contributed by atoms with Crippen LogP contribution in [0.5, 0.6) is 5.75 Å². The van der Waals surface area contributed by atoms with Gasteiger partial charge in [-0.1, -0.05) is 25.1 Å². The fourth-order valence-electron chi connectivity index (χ4n) is 0.428. The van der Waals surface area contributed by atoms with Gasteiger partial charge < -0.3 is 10.2 Å². The molecule has 1 rings (SSSR count). The summed E-state index contributed by atoms with van der Waals surface area (Å²) in [4.78, 5) is 0. The first kappa shape index (κ1) is 12.0. The van der Waals surface area contributed by atoms with Crippen molar-refractivity contribution in [2.24, 2.45) is 0 Å². The van der Waals surface area contributed by atoms with Gasteiger partial charge in [0.05, 0.1) is 5.60 Å². The van der Waals surface area contributed by atoms with Crippen LogP contribution in [0.15, 0.2) is 30.3 Å². The molecule has 0 atom stereocenters. The second-order valence-electron chi connectivity index (χ2n) is 3.50. The van der Waals surface area contributed by atoms with Crippen molar-refractivity contribution in [2.75, 3.05) is 0 Å². The van der Waals surface area contributed by atoms with E-state index in [1.54, 1.807) is 38.1 Å². The Bertz CT molecular complexity index is 211. The van der Waals surface area contributed by atoms with Gasteiger partial charge in [-0.15, -0.1) is 0 Å². The topological polar surface area (TPSA) is 40.5 Å². The summed E-state index contributed by atoms with van der Waals surface area (Å²) in [6, 6.07) is 8.71. The van der Waals surface area contributed by atoms with Crippen LogP contribution in [0.4, 0.5) is 0 Å². The molecule has 0 aliphatic carbocycles. The number of benzene rings is 1. The first-order valence-electron chi connectivity index (χ1n) is 4.42. The molecule has 74 valence electrons. The maximum Gasteiger partial charge on any atom is 0.115 e. The summed E-state index contributed by atoms with van der Waals surface area (Å²) in [7, 11) is 0. The second-order valence-corrected chi connectivity index (χ2v) is 3.50. The summed E-state index contributed by atoms with van der Waals surface area (Å²) in [5.74, 6) is 0.322. The van der Waals surface area contributed by atoms with Crippen molar-refractivity contribution in [2.45, 2.75) is 32.8 Å². The van der Waals surface area contributed by atoms with Crippen LogP contribution < -0.4 is 0 Å². The first-order chi connectivity index (χ1) is 5.95. The maximum absolute atomic E-state index is 8.83. The van der Waals surface area contributed by atoms with Gasteiger partial charge in [-0.05, 0) is 32.4 Å². The number of rotatable bonds is 1. The van der Waals surface area contributed by atoms with Gasteiger partial charge in [-0.2, -0.15) is 0 Å². The quantitative estimate of drug-likeness (QED) is 0.700. The zero-order valence-electron chi connectivity index (χ0n) is 8.49. The van der Waals surface area contributed by atoms with Crippen molar-refractivity contribution in [3.63, 3.8) is 0 Å². The lowest BCUT2D eigenvalue weighted by Gasteiger charge is -2.11. The highest BCUT2D eigenvalue weighted by molar-refractivity contribution is 5.18. The Balaban J connectivity index is 0.000000226. The Labute approximate surface area is 79.9 Å². The van der Waals surface area contributed by atoms with E-state index in [9.17, 15) is 0 Å². The Hall–Kier alpha value is -1.02. The van der Waals surface area contributed by atoms with E-state index < -0.39 is 5.60 Å². The largest absolute Gasteiger partial charge is 0.508 e. The highest BCUT2D eigenvalue weighted by Crippen LogP contribution is 2.03. The average molecular weight is 182 g/mol. The van der Waals surface area contributed by atoms with Crippen molar-refractivity contribution in [1.82, 2.24) is 0 Å².